The fourth-order valence-electron chi connectivity index (χ4n) is 2.08. The highest BCUT2D eigenvalue weighted by Crippen LogP contribution is 2.21. The van der Waals surface area contributed by atoms with Gasteiger partial charge in [0.15, 0.2) is 0 Å². The maximum atomic E-state index is 9.77. The monoisotopic (exact) mass is 259 g/mol. The molecule has 0 unspecified atom stereocenters. The lowest BCUT2D eigenvalue weighted by atomic mass is 10.1. The van der Waals surface area contributed by atoms with Crippen LogP contribution in [0.15, 0.2) is 40.8 Å². The van der Waals surface area contributed by atoms with Gasteiger partial charge >= 0.3 is 0 Å². The number of hydrogen-bond acceptors (Lipinski definition) is 3. The molecule has 1 atom stereocenters. The van der Waals surface area contributed by atoms with E-state index in [4.69, 9.17) is 4.42 Å². The molecule has 2 rings (SSSR count). The highest BCUT2D eigenvalue weighted by atomic mass is 16.3. The summed E-state index contributed by atoms with van der Waals surface area (Å²) in [5.74, 6) is 1.89. The van der Waals surface area contributed by atoms with Crippen LogP contribution in [0.25, 0.3) is 0 Å². The van der Waals surface area contributed by atoms with Crippen LogP contribution in [0.2, 0.25) is 0 Å². The highest BCUT2D eigenvalue weighted by molar-refractivity contribution is 5.47. The van der Waals surface area contributed by atoms with Crippen LogP contribution in [-0.4, -0.2) is 12.2 Å². The molecule has 2 aromatic rings. The highest BCUT2D eigenvalue weighted by Gasteiger charge is 2.07. The molecule has 19 heavy (non-hydrogen) atoms. The van der Waals surface area contributed by atoms with E-state index < -0.39 is 0 Å². The second-order valence-corrected chi connectivity index (χ2v) is 4.88. The zero-order chi connectivity index (χ0) is 13.8. The lowest BCUT2D eigenvalue weighted by molar-refractivity contribution is 0.173. The van der Waals surface area contributed by atoms with Gasteiger partial charge in [-0.3, -0.25) is 0 Å². The number of aliphatic hydroxyl groups excluding tert-OH is 1. The molecule has 0 radical (unpaired) electrons. The summed E-state index contributed by atoms with van der Waals surface area (Å²) in [6.07, 6.45) is 0.369. The van der Waals surface area contributed by atoms with E-state index in [1.165, 1.54) is 0 Å². The van der Waals surface area contributed by atoms with Crippen molar-refractivity contribution in [1.82, 2.24) is 0 Å². The van der Waals surface area contributed by atoms with E-state index in [0.29, 0.717) is 0 Å². The summed E-state index contributed by atoms with van der Waals surface area (Å²) in [6.45, 7) is 4.66. The molecule has 1 aromatic heterocycles. The van der Waals surface area contributed by atoms with Gasteiger partial charge in [-0.05, 0) is 43.2 Å². The van der Waals surface area contributed by atoms with Crippen LogP contribution in [0.4, 0.5) is 5.69 Å². The Balaban J connectivity index is 2.05. The van der Waals surface area contributed by atoms with Crippen molar-refractivity contribution in [3.8, 4) is 0 Å². The third-order valence-electron chi connectivity index (χ3n) is 3.29. The zero-order valence-corrected chi connectivity index (χ0v) is 11.8. The van der Waals surface area contributed by atoms with Crippen molar-refractivity contribution in [2.45, 2.75) is 32.9 Å². The minimum absolute atomic E-state index is 0.368. The van der Waals surface area contributed by atoms with Crippen LogP contribution in [0, 0.1) is 6.92 Å². The number of rotatable bonds is 5. The van der Waals surface area contributed by atoms with Crippen LogP contribution >= 0.6 is 0 Å². The van der Waals surface area contributed by atoms with Crippen LogP contribution < -0.4 is 4.90 Å². The van der Waals surface area contributed by atoms with E-state index in [-0.39, 0.29) is 6.10 Å². The van der Waals surface area contributed by atoms with E-state index in [2.05, 4.69) is 4.90 Å². The lowest BCUT2D eigenvalue weighted by Gasteiger charge is -2.19. The fourth-order valence-corrected chi connectivity index (χ4v) is 2.08. The van der Waals surface area contributed by atoms with Crippen LogP contribution in [-0.2, 0) is 6.54 Å². The summed E-state index contributed by atoms with van der Waals surface area (Å²) in [5.41, 5.74) is 2.08. The molecule has 0 spiro atoms. The summed E-state index contributed by atoms with van der Waals surface area (Å²) in [4.78, 5) is 2.13. The lowest BCUT2D eigenvalue weighted by Crippen LogP contribution is -2.15. The predicted molar refractivity (Wildman–Crippen MR) is 77.2 cm³/mol. The maximum Gasteiger partial charge on any atom is 0.123 e. The number of furan rings is 1. The Bertz CT molecular complexity index is 516. The van der Waals surface area contributed by atoms with Gasteiger partial charge in [-0.15, -0.1) is 0 Å². The van der Waals surface area contributed by atoms with Crippen molar-refractivity contribution in [1.29, 1.82) is 0 Å². The standard InChI is InChI=1S/C16H21NO2/c1-4-16(18)13-6-8-14(9-7-13)17(3)11-15-10-5-12(2)19-15/h5-10,16,18H,4,11H2,1-3H3/t16-/m1/s1. The van der Waals surface area contributed by atoms with E-state index in [9.17, 15) is 5.11 Å². The minimum atomic E-state index is -0.368. The molecule has 0 amide bonds. The Kier molecular flexibility index (Phi) is 4.27. The molecule has 0 aliphatic heterocycles. The van der Waals surface area contributed by atoms with Crippen molar-refractivity contribution in [3.63, 3.8) is 0 Å². The maximum absolute atomic E-state index is 9.77. The Morgan fingerprint density at radius 2 is 1.84 bits per heavy atom. The molecule has 1 heterocycles. The molecule has 1 aromatic carbocycles. The first-order chi connectivity index (χ1) is 9.10. The van der Waals surface area contributed by atoms with Gasteiger partial charge in [0.2, 0.25) is 0 Å². The molecule has 0 aliphatic rings. The Morgan fingerprint density at radius 1 is 1.16 bits per heavy atom. The molecule has 0 saturated heterocycles. The molecular formula is C16H21NO2. The first-order valence-corrected chi connectivity index (χ1v) is 6.64. The van der Waals surface area contributed by atoms with Crippen molar-refractivity contribution in [3.05, 3.63) is 53.5 Å². The molecule has 0 fully saturated rings. The number of benzene rings is 1. The first kappa shape index (κ1) is 13.7. The molecule has 3 heteroatoms. The van der Waals surface area contributed by atoms with Gasteiger partial charge in [0.1, 0.15) is 11.5 Å². The number of nitrogens with zero attached hydrogens (tertiary/aromatic N) is 1. The Morgan fingerprint density at radius 3 is 2.37 bits per heavy atom. The summed E-state index contributed by atoms with van der Waals surface area (Å²) in [7, 11) is 2.03. The van der Waals surface area contributed by atoms with E-state index in [0.717, 1.165) is 35.7 Å². The topological polar surface area (TPSA) is 36.6 Å². The van der Waals surface area contributed by atoms with Gasteiger partial charge in [-0.1, -0.05) is 19.1 Å². The zero-order valence-electron chi connectivity index (χ0n) is 11.8. The third-order valence-corrected chi connectivity index (χ3v) is 3.29. The molecular weight excluding hydrogens is 238 g/mol. The smallest absolute Gasteiger partial charge is 0.123 e. The quantitative estimate of drug-likeness (QED) is 0.890. The van der Waals surface area contributed by atoms with Crippen molar-refractivity contribution >= 4 is 5.69 Å². The molecule has 0 saturated carbocycles. The summed E-state index contributed by atoms with van der Waals surface area (Å²) in [6, 6.07) is 12.0. The SMILES string of the molecule is CC[C@@H](O)c1ccc(N(C)Cc2ccc(C)o2)cc1. The van der Waals surface area contributed by atoms with Gasteiger partial charge in [0.25, 0.3) is 0 Å². The number of aryl methyl sites for hydroxylation is 1. The average molecular weight is 259 g/mol. The van der Waals surface area contributed by atoms with Crippen LogP contribution in [0.5, 0.6) is 0 Å². The van der Waals surface area contributed by atoms with Gasteiger partial charge in [0.05, 0.1) is 12.6 Å². The van der Waals surface area contributed by atoms with Crippen molar-refractivity contribution < 1.29 is 9.52 Å². The van der Waals surface area contributed by atoms with Gasteiger partial charge in [-0.2, -0.15) is 0 Å². The normalized spacial score (nSPS) is 12.4. The average Bonchev–Trinajstić information content (AvgIpc) is 2.83. The van der Waals surface area contributed by atoms with Gasteiger partial charge in [-0.25, -0.2) is 0 Å². The summed E-state index contributed by atoms with van der Waals surface area (Å²) in [5, 5.41) is 9.77. The Labute approximate surface area is 114 Å². The fraction of sp³-hybridized carbons (Fsp3) is 0.375. The van der Waals surface area contributed by atoms with Crippen molar-refractivity contribution in [2.24, 2.45) is 0 Å². The first-order valence-electron chi connectivity index (χ1n) is 6.64. The van der Waals surface area contributed by atoms with Gasteiger partial charge in [0, 0.05) is 12.7 Å². The number of hydrogen-bond donors (Lipinski definition) is 1. The van der Waals surface area contributed by atoms with Gasteiger partial charge < -0.3 is 14.4 Å². The molecule has 0 bridgehead atoms. The van der Waals surface area contributed by atoms with E-state index >= 15 is 0 Å². The molecule has 102 valence electrons. The second-order valence-electron chi connectivity index (χ2n) is 4.88. The van der Waals surface area contributed by atoms with E-state index in [1.807, 2.05) is 57.3 Å². The van der Waals surface area contributed by atoms with Crippen LogP contribution in [0.3, 0.4) is 0 Å². The largest absolute Gasteiger partial charge is 0.464 e. The number of anilines is 1. The van der Waals surface area contributed by atoms with Crippen molar-refractivity contribution in [2.75, 3.05) is 11.9 Å². The molecule has 0 aliphatic carbocycles. The third kappa shape index (κ3) is 3.38. The predicted octanol–water partition coefficient (Wildman–Crippen LogP) is 3.67. The number of aliphatic hydroxyl groups is 1. The molecule has 1 N–H and O–H groups in total. The summed E-state index contributed by atoms with van der Waals surface area (Å²) >= 11 is 0. The Hall–Kier alpha value is -1.74. The second kappa shape index (κ2) is 5.93. The molecule has 3 nitrogen and oxygen atoms in total. The summed E-state index contributed by atoms with van der Waals surface area (Å²) < 4.78 is 5.57. The van der Waals surface area contributed by atoms with E-state index in [1.54, 1.807) is 0 Å². The minimum Gasteiger partial charge on any atom is -0.464 e. The van der Waals surface area contributed by atoms with Crippen LogP contribution in [0.1, 0.15) is 36.5 Å².